The number of hydrogen-bond acceptors (Lipinski definition) is 1. The lowest BCUT2D eigenvalue weighted by atomic mass is 9.93. The Labute approximate surface area is 40.8 Å². The molecular formula is C3H7B2O. The molecule has 6 heavy (non-hydrogen) atoms. The summed E-state index contributed by atoms with van der Waals surface area (Å²) < 4.78 is 4.16. The monoisotopic (exact) mass is 81.1 g/mol. The molecule has 0 amide bonds. The lowest BCUT2D eigenvalue weighted by Gasteiger charge is -1.86. The fourth-order valence-electron chi connectivity index (χ4n) is 0.186. The van der Waals surface area contributed by atoms with Crippen molar-refractivity contribution >= 4 is 15.5 Å². The topological polar surface area (TPSA) is 9.23 Å². The third-order valence-corrected chi connectivity index (χ3v) is 0.503. The van der Waals surface area contributed by atoms with E-state index in [4.69, 9.17) is 0 Å². The molecule has 0 aromatic carbocycles. The molecule has 0 fully saturated rings. The molecule has 0 saturated carbocycles. The van der Waals surface area contributed by atoms with E-state index in [9.17, 15) is 0 Å². The van der Waals surface area contributed by atoms with Crippen molar-refractivity contribution < 1.29 is 4.57 Å². The molecule has 0 aliphatic heterocycles. The summed E-state index contributed by atoms with van der Waals surface area (Å²) >= 11 is 0. The van der Waals surface area contributed by atoms with Crippen molar-refractivity contribution in [2.24, 2.45) is 0 Å². The fraction of sp³-hybridized carbons (Fsp3) is 1.00. The average Bonchev–Trinajstić information content (AvgIpc) is 1.61. The van der Waals surface area contributed by atoms with E-state index in [1.165, 1.54) is 0 Å². The standard InChI is InChI=1S/C3H7B2O/c1-2-3-5-6-4/h2-3H2,1H3. The van der Waals surface area contributed by atoms with E-state index in [2.05, 4.69) is 19.5 Å². The average molecular weight is 80.7 g/mol. The zero-order valence-electron chi connectivity index (χ0n) is 3.98. The van der Waals surface area contributed by atoms with Gasteiger partial charge in [0.05, 0.1) is 0 Å². The molecule has 1 nitrogen and oxygen atoms in total. The predicted molar refractivity (Wildman–Crippen MR) is 27.7 cm³/mol. The normalized spacial score (nSPS) is 8.17. The van der Waals surface area contributed by atoms with Crippen LogP contribution in [0.25, 0.3) is 0 Å². The van der Waals surface area contributed by atoms with Crippen LogP contribution in [0, 0.1) is 0 Å². The Morgan fingerprint density at radius 3 is 2.67 bits per heavy atom. The van der Waals surface area contributed by atoms with Gasteiger partial charge in [-0.2, -0.15) is 0 Å². The van der Waals surface area contributed by atoms with Crippen LogP contribution in [0.4, 0.5) is 0 Å². The summed E-state index contributed by atoms with van der Waals surface area (Å²) in [7, 11) is 6.24. The van der Waals surface area contributed by atoms with Gasteiger partial charge in [0.1, 0.15) is 0 Å². The van der Waals surface area contributed by atoms with Crippen molar-refractivity contribution in [1.82, 2.24) is 0 Å². The van der Waals surface area contributed by atoms with E-state index in [0.717, 1.165) is 12.7 Å². The van der Waals surface area contributed by atoms with E-state index < -0.39 is 0 Å². The zero-order valence-corrected chi connectivity index (χ0v) is 3.98. The Morgan fingerprint density at radius 2 is 2.50 bits per heavy atom. The fourth-order valence-corrected chi connectivity index (χ4v) is 0.186. The Balaban J connectivity index is 2.34. The molecular weight excluding hydrogens is 73.7 g/mol. The molecule has 0 aromatic heterocycles. The van der Waals surface area contributed by atoms with Crippen molar-refractivity contribution in [2.75, 3.05) is 0 Å². The molecule has 0 N–H and O–H groups in total. The Hall–Kier alpha value is 0.0899. The molecule has 0 aliphatic rings. The molecule has 0 atom stereocenters. The summed E-state index contributed by atoms with van der Waals surface area (Å²) in [5, 5.41) is 0. The van der Waals surface area contributed by atoms with Gasteiger partial charge < -0.3 is 4.57 Å². The van der Waals surface area contributed by atoms with Gasteiger partial charge in [-0.25, -0.2) is 0 Å². The largest absolute Gasteiger partial charge is 0.510 e. The van der Waals surface area contributed by atoms with Gasteiger partial charge >= 0.3 is 0 Å². The third kappa shape index (κ3) is 4.09. The van der Waals surface area contributed by atoms with Gasteiger partial charge in [0.25, 0.3) is 15.5 Å². The van der Waals surface area contributed by atoms with Gasteiger partial charge in [0.15, 0.2) is 0 Å². The summed E-state index contributed by atoms with van der Waals surface area (Å²) in [6, 6.07) is 0. The maximum atomic E-state index is 4.66. The maximum absolute atomic E-state index is 4.66. The van der Waals surface area contributed by atoms with E-state index in [0.29, 0.717) is 0 Å². The van der Waals surface area contributed by atoms with Crippen molar-refractivity contribution in [1.29, 1.82) is 0 Å². The highest BCUT2D eigenvalue weighted by atomic mass is 16.4. The highest BCUT2D eigenvalue weighted by Crippen LogP contribution is 1.82. The van der Waals surface area contributed by atoms with Crippen molar-refractivity contribution in [3.63, 3.8) is 0 Å². The zero-order chi connectivity index (χ0) is 4.83. The minimum absolute atomic E-state index is 0.941. The van der Waals surface area contributed by atoms with Crippen LogP contribution in [-0.4, -0.2) is 15.5 Å². The smallest absolute Gasteiger partial charge is 0.272 e. The van der Waals surface area contributed by atoms with E-state index in [-0.39, 0.29) is 0 Å². The van der Waals surface area contributed by atoms with Crippen LogP contribution in [0.2, 0.25) is 6.32 Å². The summed E-state index contributed by atoms with van der Waals surface area (Å²) in [6.07, 6.45) is 2.04. The van der Waals surface area contributed by atoms with Crippen LogP contribution in [0.15, 0.2) is 0 Å². The van der Waals surface area contributed by atoms with Gasteiger partial charge in [-0.15, -0.1) is 0 Å². The van der Waals surface area contributed by atoms with Gasteiger partial charge in [-0.1, -0.05) is 19.7 Å². The Kier molecular flexibility index (Phi) is 5.17. The summed E-state index contributed by atoms with van der Waals surface area (Å²) in [6.45, 7) is 2.06. The summed E-state index contributed by atoms with van der Waals surface area (Å²) in [4.78, 5) is 0. The first kappa shape index (κ1) is 6.09. The highest BCUT2D eigenvalue weighted by molar-refractivity contribution is 6.34. The lowest BCUT2D eigenvalue weighted by molar-refractivity contribution is 0.657. The van der Waals surface area contributed by atoms with Gasteiger partial charge in [0.2, 0.25) is 0 Å². The Morgan fingerprint density at radius 1 is 1.83 bits per heavy atom. The molecule has 3 radical (unpaired) electrons. The number of hydrogen-bond donors (Lipinski definition) is 0. The molecule has 0 heterocycles. The molecule has 3 heteroatoms. The van der Waals surface area contributed by atoms with Crippen LogP contribution >= 0.6 is 0 Å². The van der Waals surface area contributed by atoms with E-state index in [1.54, 1.807) is 7.48 Å². The molecule has 0 spiro atoms. The number of rotatable bonds is 3. The molecule has 0 aromatic rings. The molecule has 31 valence electrons. The van der Waals surface area contributed by atoms with E-state index in [1.807, 2.05) is 0 Å². The quantitative estimate of drug-likeness (QED) is 0.355. The molecule has 0 rings (SSSR count). The van der Waals surface area contributed by atoms with Crippen molar-refractivity contribution in [3.05, 3.63) is 0 Å². The second-order valence-corrected chi connectivity index (χ2v) is 1.09. The molecule has 0 saturated heterocycles. The molecule has 0 bridgehead atoms. The van der Waals surface area contributed by atoms with Crippen LogP contribution in [0.3, 0.4) is 0 Å². The SMILES string of the molecule is [B]O[B]CCC. The maximum Gasteiger partial charge on any atom is 0.272 e. The highest BCUT2D eigenvalue weighted by Gasteiger charge is 1.80. The Bertz CT molecular complexity index is 20.8. The minimum atomic E-state index is 0.941. The van der Waals surface area contributed by atoms with E-state index >= 15 is 0 Å². The second kappa shape index (κ2) is 5.09. The van der Waals surface area contributed by atoms with Crippen molar-refractivity contribution in [3.8, 4) is 0 Å². The third-order valence-electron chi connectivity index (χ3n) is 0.503. The predicted octanol–water partition coefficient (Wildman–Crippen LogP) is 0.534. The van der Waals surface area contributed by atoms with Crippen LogP contribution < -0.4 is 0 Å². The van der Waals surface area contributed by atoms with Gasteiger partial charge in [-0.05, 0) is 0 Å². The first-order valence-electron chi connectivity index (χ1n) is 2.09. The second-order valence-electron chi connectivity index (χ2n) is 1.09. The van der Waals surface area contributed by atoms with Crippen LogP contribution in [0.1, 0.15) is 13.3 Å². The van der Waals surface area contributed by atoms with Gasteiger partial charge in [-0.3, -0.25) is 0 Å². The van der Waals surface area contributed by atoms with Crippen LogP contribution in [-0.2, 0) is 4.57 Å². The summed E-state index contributed by atoms with van der Waals surface area (Å²) in [5.41, 5.74) is 0. The minimum Gasteiger partial charge on any atom is -0.510 e. The van der Waals surface area contributed by atoms with Gasteiger partial charge in [0, 0.05) is 0 Å². The molecule has 0 unspecified atom stereocenters. The molecule has 0 aliphatic carbocycles. The van der Waals surface area contributed by atoms with Crippen molar-refractivity contribution in [2.45, 2.75) is 19.7 Å². The van der Waals surface area contributed by atoms with Crippen LogP contribution in [0.5, 0.6) is 0 Å². The first-order chi connectivity index (χ1) is 2.91. The summed E-state index contributed by atoms with van der Waals surface area (Å²) in [5.74, 6) is 0. The first-order valence-corrected chi connectivity index (χ1v) is 2.09. The lowest BCUT2D eigenvalue weighted by Crippen LogP contribution is -1.90.